The van der Waals surface area contributed by atoms with Crippen LogP contribution in [0.3, 0.4) is 0 Å². The SMILES string of the molecule is CCc1ccc(NC(=O)[C@@H](CC)N(c2cccc(OC)c2)S(C)(=O)=O)cc1. The molecule has 0 aliphatic carbocycles. The van der Waals surface area contributed by atoms with E-state index in [2.05, 4.69) is 12.2 Å². The summed E-state index contributed by atoms with van der Waals surface area (Å²) in [6, 6.07) is 13.3. The topological polar surface area (TPSA) is 75.7 Å². The molecular weight excluding hydrogens is 364 g/mol. The van der Waals surface area contributed by atoms with Gasteiger partial charge in [-0.3, -0.25) is 9.10 Å². The van der Waals surface area contributed by atoms with Crippen LogP contribution >= 0.6 is 0 Å². The molecule has 1 N–H and O–H groups in total. The molecule has 0 saturated heterocycles. The second-order valence-corrected chi connectivity index (χ2v) is 8.08. The molecule has 6 nitrogen and oxygen atoms in total. The van der Waals surface area contributed by atoms with Crippen molar-refractivity contribution in [3.63, 3.8) is 0 Å². The maximum atomic E-state index is 12.9. The van der Waals surface area contributed by atoms with E-state index in [4.69, 9.17) is 4.74 Å². The van der Waals surface area contributed by atoms with Crippen molar-refractivity contribution in [3.8, 4) is 5.75 Å². The van der Waals surface area contributed by atoms with Crippen LogP contribution in [-0.4, -0.2) is 33.7 Å². The van der Waals surface area contributed by atoms with Crippen LogP contribution in [0.5, 0.6) is 5.75 Å². The fraction of sp³-hybridized carbons (Fsp3) is 0.350. The molecule has 0 aliphatic rings. The molecule has 0 heterocycles. The number of rotatable bonds is 8. The second kappa shape index (κ2) is 8.90. The predicted octanol–water partition coefficient (Wildman–Crippen LogP) is 3.44. The Hall–Kier alpha value is -2.54. The van der Waals surface area contributed by atoms with Gasteiger partial charge in [-0.1, -0.05) is 32.0 Å². The summed E-state index contributed by atoms with van der Waals surface area (Å²) in [5, 5.41) is 2.82. The van der Waals surface area contributed by atoms with Crippen LogP contribution in [0.15, 0.2) is 48.5 Å². The first-order chi connectivity index (χ1) is 12.8. The number of sulfonamides is 1. The van der Waals surface area contributed by atoms with E-state index in [9.17, 15) is 13.2 Å². The molecular formula is C20H26N2O4S. The summed E-state index contributed by atoms with van der Waals surface area (Å²) in [4.78, 5) is 12.9. The van der Waals surface area contributed by atoms with E-state index in [1.165, 1.54) is 7.11 Å². The number of hydrogen-bond acceptors (Lipinski definition) is 4. The summed E-state index contributed by atoms with van der Waals surface area (Å²) in [5.41, 5.74) is 2.18. The lowest BCUT2D eigenvalue weighted by Gasteiger charge is -2.30. The molecule has 0 saturated carbocycles. The third-order valence-corrected chi connectivity index (χ3v) is 5.45. The normalized spacial score (nSPS) is 12.3. The lowest BCUT2D eigenvalue weighted by atomic mass is 10.1. The number of hydrogen-bond donors (Lipinski definition) is 1. The standard InChI is InChI=1S/C20H26N2O4S/c1-5-15-10-12-16(13-11-15)21-20(23)19(6-2)22(27(4,24)25)17-8-7-9-18(14-17)26-3/h7-14,19H,5-6H2,1-4H3,(H,21,23)/t19-/m1/s1. The van der Waals surface area contributed by atoms with Gasteiger partial charge < -0.3 is 10.1 Å². The van der Waals surface area contributed by atoms with E-state index >= 15 is 0 Å². The molecule has 2 aromatic rings. The van der Waals surface area contributed by atoms with Gasteiger partial charge in [0, 0.05) is 11.8 Å². The molecule has 7 heteroatoms. The zero-order valence-electron chi connectivity index (χ0n) is 16.1. The van der Waals surface area contributed by atoms with Crippen LogP contribution in [0.4, 0.5) is 11.4 Å². The summed E-state index contributed by atoms with van der Waals surface area (Å²) in [6.45, 7) is 3.83. The smallest absolute Gasteiger partial charge is 0.248 e. The first kappa shape index (κ1) is 20.8. The van der Waals surface area contributed by atoms with E-state index in [1.54, 1.807) is 31.2 Å². The monoisotopic (exact) mass is 390 g/mol. The highest BCUT2D eigenvalue weighted by Crippen LogP contribution is 2.27. The zero-order valence-corrected chi connectivity index (χ0v) is 16.9. The summed E-state index contributed by atoms with van der Waals surface area (Å²) in [7, 11) is -2.18. The van der Waals surface area contributed by atoms with Crippen LogP contribution in [-0.2, 0) is 21.2 Å². The Morgan fingerprint density at radius 2 is 1.81 bits per heavy atom. The molecule has 0 spiro atoms. The number of ether oxygens (including phenoxy) is 1. The summed E-state index contributed by atoms with van der Waals surface area (Å²) < 4.78 is 31.3. The van der Waals surface area contributed by atoms with Gasteiger partial charge in [-0.15, -0.1) is 0 Å². The lowest BCUT2D eigenvalue weighted by molar-refractivity contribution is -0.117. The molecule has 0 aliphatic heterocycles. The van der Waals surface area contributed by atoms with Crippen molar-refractivity contribution in [2.24, 2.45) is 0 Å². The van der Waals surface area contributed by atoms with Crippen LogP contribution in [0, 0.1) is 0 Å². The quantitative estimate of drug-likeness (QED) is 0.749. The largest absolute Gasteiger partial charge is 0.497 e. The van der Waals surface area contributed by atoms with Crippen molar-refractivity contribution in [1.29, 1.82) is 0 Å². The average molecular weight is 391 g/mol. The molecule has 1 atom stereocenters. The molecule has 0 bridgehead atoms. The third-order valence-electron chi connectivity index (χ3n) is 4.27. The molecule has 2 aromatic carbocycles. The molecule has 0 radical (unpaired) electrons. The minimum Gasteiger partial charge on any atom is -0.497 e. The zero-order chi connectivity index (χ0) is 20.0. The number of methoxy groups -OCH3 is 1. The van der Waals surface area contributed by atoms with Gasteiger partial charge in [0.1, 0.15) is 11.8 Å². The van der Waals surface area contributed by atoms with Crippen molar-refractivity contribution in [2.45, 2.75) is 32.7 Å². The molecule has 0 aromatic heterocycles. The Bertz CT molecular complexity index is 879. The van der Waals surface area contributed by atoms with Gasteiger partial charge in [0.2, 0.25) is 15.9 Å². The summed E-state index contributed by atoms with van der Waals surface area (Å²) >= 11 is 0. The first-order valence-electron chi connectivity index (χ1n) is 8.83. The van der Waals surface area contributed by atoms with Crippen molar-refractivity contribution < 1.29 is 17.9 Å². The van der Waals surface area contributed by atoms with Gasteiger partial charge >= 0.3 is 0 Å². The molecule has 1 amide bonds. The molecule has 146 valence electrons. The number of carbonyl (C=O) groups is 1. The Labute approximate surface area is 161 Å². The Balaban J connectivity index is 2.34. The van der Waals surface area contributed by atoms with Crippen molar-refractivity contribution in [3.05, 3.63) is 54.1 Å². The maximum Gasteiger partial charge on any atom is 0.248 e. The number of nitrogens with one attached hydrogen (secondary N) is 1. The maximum absolute atomic E-state index is 12.9. The van der Waals surface area contributed by atoms with Crippen molar-refractivity contribution in [2.75, 3.05) is 23.0 Å². The van der Waals surface area contributed by atoms with E-state index < -0.39 is 16.1 Å². The number of nitrogens with zero attached hydrogens (tertiary/aromatic N) is 1. The Kier molecular flexibility index (Phi) is 6.85. The first-order valence-corrected chi connectivity index (χ1v) is 10.7. The molecule has 2 rings (SSSR count). The number of anilines is 2. The van der Waals surface area contributed by atoms with E-state index in [0.717, 1.165) is 22.5 Å². The minimum atomic E-state index is -3.69. The van der Waals surface area contributed by atoms with Crippen LogP contribution in [0.25, 0.3) is 0 Å². The highest BCUT2D eigenvalue weighted by atomic mass is 32.2. The molecule has 0 unspecified atom stereocenters. The van der Waals surface area contributed by atoms with E-state index in [1.807, 2.05) is 24.3 Å². The van der Waals surface area contributed by atoms with Gasteiger partial charge in [-0.05, 0) is 42.7 Å². The third kappa shape index (κ3) is 5.23. The van der Waals surface area contributed by atoms with Crippen LogP contribution in [0.2, 0.25) is 0 Å². The summed E-state index contributed by atoms with van der Waals surface area (Å²) in [5.74, 6) is 0.140. The Morgan fingerprint density at radius 3 is 2.33 bits per heavy atom. The molecule has 0 fully saturated rings. The average Bonchev–Trinajstić information content (AvgIpc) is 2.65. The fourth-order valence-corrected chi connectivity index (χ4v) is 4.06. The van der Waals surface area contributed by atoms with Crippen LogP contribution < -0.4 is 14.4 Å². The van der Waals surface area contributed by atoms with Crippen LogP contribution in [0.1, 0.15) is 25.8 Å². The number of amides is 1. The lowest BCUT2D eigenvalue weighted by Crippen LogP contribution is -2.47. The summed E-state index contributed by atoms with van der Waals surface area (Å²) in [6.07, 6.45) is 2.32. The van der Waals surface area contributed by atoms with Crippen molar-refractivity contribution in [1.82, 2.24) is 0 Å². The Morgan fingerprint density at radius 1 is 1.15 bits per heavy atom. The van der Waals surface area contributed by atoms with Crippen molar-refractivity contribution >= 4 is 27.3 Å². The van der Waals surface area contributed by atoms with E-state index in [0.29, 0.717) is 23.5 Å². The van der Waals surface area contributed by atoms with Gasteiger partial charge in [-0.25, -0.2) is 8.42 Å². The number of aryl methyl sites for hydroxylation is 1. The van der Waals surface area contributed by atoms with Gasteiger partial charge in [0.15, 0.2) is 0 Å². The second-order valence-electron chi connectivity index (χ2n) is 6.22. The minimum absolute atomic E-state index is 0.323. The highest BCUT2D eigenvalue weighted by Gasteiger charge is 2.31. The van der Waals surface area contributed by atoms with Gasteiger partial charge in [-0.2, -0.15) is 0 Å². The fourth-order valence-electron chi connectivity index (χ4n) is 2.86. The van der Waals surface area contributed by atoms with Gasteiger partial charge in [0.25, 0.3) is 0 Å². The molecule has 27 heavy (non-hydrogen) atoms. The van der Waals surface area contributed by atoms with Gasteiger partial charge in [0.05, 0.1) is 19.1 Å². The number of benzene rings is 2. The van der Waals surface area contributed by atoms with E-state index in [-0.39, 0.29) is 5.91 Å². The predicted molar refractivity (Wildman–Crippen MR) is 109 cm³/mol. The number of carbonyl (C=O) groups excluding carboxylic acids is 1. The highest BCUT2D eigenvalue weighted by molar-refractivity contribution is 7.92.